The Balaban J connectivity index is 2.35. The largest absolute Gasteiger partial charge is 0.481 e. The summed E-state index contributed by atoms with van der Waals surface area (Å²) >= 11 is 0. The van der Waals surface area contributed by atoms with E-state index in [1.54, 1.807) is 0 Å². The zero-order chi connectivity index (χ0) is 22.3. The van der Waals surface area contributed by atoms with Crippen molar-refractivity contribution < 1.29 is 18.3 Å². The maximum absolute atomic E-state index is 13.8. The van der Waals surface area contributed by atoms with Gasteiger partial charge in [-0.3, -0.25) is 19.1 Å². The number of ether oxygens (including phenoxy) is 1. The number of nitrogen functional groups attached to an aromatic ring is 1. The SMILES string of the molecule is CCCCN(C(=O)COc1ccc(F)cc1F)c1c(N)n(CCCC)c(=O)[nH]c1=O. The molecule has 164 valence electrons. The molecule has 2 aromatic rings. The molecule has 0 spiro atoms. The van der Waals surface area contributed by atoms with Crippen LogP contribution >= 0.6 is 0 Å². The molecule has 0 bridgehead atoms. The van der Waals surface area contributed by atoms with Crippen LogP contribution in [-0.2, 0) is 11.3 Å². The highest BCUT2D eigenvalue weighted by molar-refractivity contribution is 5.96. The van der Waals surface area contributed by atoms with Gasteiger partial charge in [0.05, 0.1) is 0 Å². The summed E-state index contributed by atoms with van der Waals surface area (Å²) in [4.78, 5) is 40.8. The smallest absolute Gasteiger partial charge is 0.330 e. The third-order valence-electron chi connectivity index (χ3n) is 4.50. The highest BCUT2D eigenvalue weighted by Gasteiger charge is 2.24. The maximum atomic E-state index is 13.8. The van der Waals surface area contributed by atoms with E-state index >= 15 is 0 Å². The van der Waals surface area contributed by atoms with Crippen LogP contribution < -0.4 is 26.6 Å². The molecule has 0 atom stereocenters. The Morgan fingerprint density at radius 1 is 1.20 bits per heavy atom. The fraction of sp³-hybridized carbons (Fsp3) is 0.450. The number of unbranched alkanes of at least 4 members (excludes halogenated alkanes) is 2. The Bertz CT molecular complexity index is 1000. The zero-order valence-corrected chi connectivity index (χ0v) is 17.0. The number of carbonyl (C=O) groups is 1. The number of aromatic nitrogens is 2. The Morgan fingerprint density at radius 2 is 1.90 bits per heavy atom. The van der Waals surface area contributed by atoms with Gasteiger partial charge in [0, 0.05) is 19.2 Å². The normalized spacial score (nSPS) is 10.8. The number of carbonyl (C=O) groups excluding carboxylic acids is 1. The third-order valence-corrected chi connectivity index (χ3v) is 4.50. The molecule has 2 rings (SSSR count). The van der Waals surface area contributed by atoms with Gasteiger partial charge in [0.2, 0.25) is 0 Å². The Hall–Kier alpha value is -3.17. The van der Waals surface area contributed by atoms with Crippen molar-refractivity contribution in [3.63, 3.8) is 0 Å². The quantitative estimate of drug-likeness (QED) is 0.609. The second-order valence-corrected chi connectivity index (χ2v) is 6.76. The second kappa shape index (κ2) is 10.6. The van der Waals surface area contributed by atoms with Gasteiger partial charge in [-0.25, -0.2) is 13.6 Å². The third kappa shape index (κ3) is 5.46. The van der Waals surface area contributed by atoms with E-state index in [2.05, 4.69) is 4.98 Å². The monoisotopic (exact) mass is 424 g/mol. The van der Waals surface area contributed by atoms with E-state index in [0.29, 0.717) is 18.9 Å². The van der Waals surface area contributed by atoms with E-state index in [-0.39, 0.29) is 30.3 Å². The predicted octanol–water partition coefficient (Wildman–Crippen LogP) is 2.41. The van der Waals surface area contributed by atoms with E-state index in [1.165, 1.54) is 4.57 Å². The molecule has 0 radical (unpaired) electrons. The van der Waals surface area contributed by atoms with Gasteiger partial charge in [0.15, 0.2) is 23.9 Å². The minimum Gasteiger partial charge on any atom is -0.481 e. The Labute approximate surface area is 172 Å². The molecule has 30 heavy (non-hydrogen) atoms. The van der Waals surface area contributed by atoms with Gasteiger partial charge in [-0.2, -0.15) is 0 Å². The van der Waals surface area contributed by atoms with Gasteiger partial charge in [-0.1, -0.05) is 26.7 Å². The van der Waals surface area contributed by atoms with Crippen molar-refractivity contribution in [3.8, 4) is 5.75 Å². The fourth-order valence-electron chi connectivity index (χ4n) is 2.86. The Kier molecular flexibility index (Phi) is 8.14. The molecule has 0 unspecified atom stereocenters. The minimum atomic E-state index is -0.951. The maximum Gasteiger partial charge on any atom is 0.330 e. The first-order valence-electron chi connectivity index (χ1n) is 9.80. The molecule has 0 saturated carbocycles. The number of nitrogens with zero attached hydrogens (tertiary/aromatic N) is 2. The first kappa shape index (κ1) is 23.1. The second-order valence-electron chi connectivity index (χ2n) is 6.76. The molecule has 0 aliphatic heterocycles. The van der Waals surface area contributed by atoms with Crippen LogP contribution in [0.2, 0.25) is 0 Å². The number of anilines is 2. The average molecular weight is 424 g/mol. The van der Waals surface area contributed by atoms with Gasteiger partial charge in [0.1, 0.15) is 11.6 Å². The topological polar surface area (TPSA) is 110 Å². The summed E-state index contributed by atoms with van der Waals surface area (Å²) in [6.45, 7) is 3.70. The minimum absolute atomic E-state index is 0.116. The van der Waals surface area contributed by atoms with E-state index < -0.39 is 35.4 Å². The number of aromatic amines is 1. The van der Waals surface area contributed by atoms with Gasteiger partial charge in [0.25, 0.3) is 11.5 Å². The Morgan fingerprint density at radius 3 is 2.53 bits per heavy atom. The number of hydrogen-bond acceptors (Lipinski definition) is 5. The summed E-state index contributed by atoms with van der Waals surface area (Å²) in [6, 6.07) is 2.71. The molecular formula is C20H26F2N4O4. The van der Waals surface area contributed by atoms with Crippen LogP contribution in [0.3, 0.4) is 0 Å². The first-order valence-corrected chi connectivity index (χ1v) is 9.80. The van der Waals surface area contributed by atoms with Gasteiger partial charge in [-0.05, 0) is 25.0 Å². The van der Waals surface area contributed by atoms with Crippen LogP contribution in [-0.4, -0.2) is 28.6 Å². The van der Waals surface area contributed by atoms with Crippen molar-refractivity contribution in [1.82, 2.24) is 9.55 Å². The number of rotatable bonds is 10. The first-order chi connectivity index (χ1) is 14.3. The lowest BCUT2D eigenvalue weighted by Gasteiger charge is -2.24. The van der Waals surface area contributed by atoms with E-state index in [0.717, 1.165) is 29.9 Å². The fourth-order valence-corrected chi connectivity index (χ4v) is 2.86. The molecule has 0 fully saturated rings. The van der Waals surface area contributed by atoms with E-state index in [9.17, 15) is 23.2 Å². The highest BCUT2D eigenvalue weighted by Crippen LogP contribution is 2.20. The molecule has 0 aliphatic carbocycles. The number of hydrogen-bond donors (Lipinski definition) is 2. The van der Waals surface area contributed by atoms with E-state index in [1.807, 2.05) is 13.8 Å². The zero-order valence-electron chi connectivity index (χ0n) is 17.0. The van der Waals surface area contributed by atoms with Gasteiger partial charge >= 0.3 is 5.69 Å². The molecule has 1 aromatic carbocycles. The van der Waals surface area contributed by atoms with Crippen LogP contribution in [0.5, 0.6) is 5.75 Å². The summed E-state index contributed by atoms with van der Waals surface area (Å²) in [5.41, 5.74) is 4.50. The summed E-state index contributed by atoms with van der Waals surface area (Å²) in [6.07, 6.45) is 2.75. The summed E-state index contributed by atoms with van der Waals surface area (Å²) < 4.78 is 33.2. The number of nitrogens with two attached hydrogens (primary N) is 1. The van der Waals surface area contributed by atoms with Crippen LogP contribution in [0.15, 0.2) is 27.8 Å². The predicted molar refractivity (Wildman–Crippen MR) is 110 cm³/mol. The summed E-state index contributed by atoms with van der Waals surface area (Å²) in [5.74, 6) is -2.78. The number of benzene rings is 1. The van der Waals surface area contributed by atoms with Crippen molar-refractivity contribution in [2.75, 3.05) is 23.8 Å². The molecular weight excluding hydrogens is 398 g/mol. The standard InChI is InChI=1S/C20H26F2N4O4/c1-3-5-9-25(16(27)12-30-15-8-7-13(21)11-14(15)22)17-18(23)26(10-6-4-2)20(29)24-19(17)28/h7-8,11H,3-6,9-10,12,23H2,1-2H3,(H,24,28,29). The molecule has 3 N–H and O–H groups in total. The van der Waals surface area contributed by atoms with Crippen LogP contribution in [0.4, 0.5) is 20.3 Å². The summed E-state index contributed by atoms with van der Waals surface area (Å²) in [5, 5.41) is 0. The summed E-state index contributed by atoms with van der Waals surface area (Å²) in [7, 11) is 0. The molecule has 8 nitrogen and oxygen atoms in total. The molecule has 1 amide bonds. The lowest BCUT2D eigenvalue weighted by atomic mass is 10.2. The van der Waals surface area contributed by atoms with Crippen molar-refractivity contribution >= 4 is 17.4 Å². The van der Waals surface area contributed by atoms with Gasteiger partial charge < -0.3 is 15.4 Å². The van der Waals surface area contributed by atoms with Crippen LogP contribution in [0.1, 0.15) is 39.5 Å². The molecule has 0 saturated heterocycles. The lowest BCUT2D eigenvalue weighted by molar-refractivity contribution is -0.120. The molecule has 0 aliphatic rings. The lowest BCUT2D eigenvalue weighted by Crippen LogP contribution is -2.43. The van der Waals surface area contributed by atoms with Gasteiger partial charge in [-0.15, -0.1) is 0 Å². The van der Waals surface area contributed by atoms with Crippen LogP contribution in [0.25, 0.3) is 0 Å². The number of amides is 1. The van der Waals surface area contributed by atoms with Crippen LogP contribution in [0, 0.1) is 11.6 Å². The number of halogens is 2. The average Bonchev–Trinajstić information content (AvgIpc) is 2.69. The molecule has 10 heteroatoms. The number of nitrogens with one attached hydrogen (secondary N) is 1. The van der Waals surface area contributed by atoms with Crippen molar-refractivity contribution in [2.45, 2.75) is 46.1 Å². The van der Waals surface area contributed by atoms with Crippen molar-refractivity contribution in [3.05, 3.63) is 50.7 Å². The van der Waals surface area contributed by atoms with Crippen molar-refractivity contribution in [1.29, 1.82) is 0 Å². The molecule has 1 heterocycles. The van der Waals surface area contributed by atoms with E-state index in [4.69, 9.17) is 10.5 Å². The number of H-pyrrole nitrogens is 1. The van der Waals surface area contributed by atoms with Crippen molar-refractivity contribution in [2.24, 2.45) is 0 Å². The highest BCUT2D eigenvalue weighted by atomic mass is 19.1. The molecule has 1 aromatic heterocycles.